The Labute approximate surface area is 164 Å². The van der Waals surface area contributed by atoms with Gasteiger partial charge in [0.2, 0.25) is 11.2 Å². The highest BCUT2D eigenvalue weighted by Crippen LogP contribution is 2.35. The molecule has 3 rings (SSSR count). The Balaban J connectivity index is 1.93. The van der Waals surface area contributed by atoms with Crippen molar-refractivity contribution < 1.29 is 19.1 Å². The summed E-state index contributed by atoms with van der Waals surface area (Å²) in [6, 6.07) is 12.9. The molecule has 2 heterocycles. The van der Waals surface area contributed by atoms with E-state index in [1.54, 1.807) is 0 Å². The first-order chi connectivity index (χ1) is 13.1. The van der Waals surface area contributed by atoms with Gasteiger partial charge in [0.25, 0.3) is 0 Å². The molecule has 27 heavy (non-hydrogen) atoms. The third-order valence-electron chi connectivity index (χ3n) is 3.98. The topological polar surface area (TPSA) is 76.7 Å². The van der Waals surface area contributed by atoms with E-state index in [9.17, 15) is 14.7 Å². The van der Waals surface area contributed by atoms with Gasteiger partial charge in [0.05, 0.1) is 25.2 Å². The van der Waals surface area contributed by atoms with Gasteiger partial charge >= 0.3 is 5.97 Å². The summed E-state index contributed by atoms with van der Waals surface area (Å²) in [6.07, 6.45) is -0.0288. The molecule has 0 unspecified atom stereocenters. The van der Waals surface area contributed by atoms with Crippen molar-refractivity contribution in [3.63, 3.8) is 0 Å². The Bertz CT molecular complexity index is 948. The van der Waals surface area contributed by atoms with Crippen LogP contribution in [0.1, 0.15) is 29.4 Å². The minimum Gasteiger partial charge on any atom is -0.502 e. The van der Waals surface area contributed by atoms with Gasteiger partial charge in [0, 0.05) is 11.0 Å². The molecule has 0 aliphatic rings. The van der Waals surface area contributed by atoms with E-state index in [0.717, 1.165) is 10.5 Å². The zero-order valence-electron chi connectivity index (χ0n) is 14.6. The van der Waals surface area contributed by atoms with Crippen molar-refractivity contribution in [3.05, 3.63) is 80.5 Å². The molecule has 0 amide bonds. The van der Waals surface area contributed by atoms with E-state index in [-0.39, 0.29) is 12.2 Å². The Morgan fingerprint density at radius 3 is 2.74 bits per heavy atom. The fourth-order valence-corrected chi connectivity index (χ4v) is 4.13. The largest absolute Gasteiger partial charge is 0.502 e. The van der Waals surface area contributed by atoms with Crippen LogP contribution in [0.5, 0.6) is 5.75 Å². The molecule has 140 valence electrons. The first-order valence-corrected chi connectivity index (χ1v) is 10.1. The van der Waals surface area contributed by atoms with Gasteiger partial charge in [-0.05, 0) is 34.5 Å². The van der Waals surface area contributed by atoms with Gasteiger partial charge in [-0.25, -0.2) is 0 Å². The molecule has 3 aromatic rings. The zero-order chi connectivity index (χ0) is 19.2. The second-order valence-electron chi connectivity index (χ2n) is 5.78. The van der Waals surface area contributed by atoms with Crippen LogP contribution in [0, 0.1) is 0 Å². The fourth-order valence-electron chi connectivity index (χ4n) is 2.62. The monoisotopic (exact) mass is 402 g/mol. The van der Waals surface area contributed by atoms with Gasteiger partial charge in [-0.1, -0.05) is 18.2 Å². The lowest BCUT2D eigenvalue weighted by atomic mass is 9.94. The summed E-state index contributed by atoms with van der Waals surface area (Å²) in [5.41, 5.74) is 0.265. The summed E-state index contributed by atoms with van der Waals surface area (Å²) in [7, 11) is 1.30. The number of ether oxygens (including phenoxy) is 1. The minimum absolute atomic E-state index is 0.0288. The molecule has 0 aliphatic heterocycles. The van der Waals surface area contributed by atoms with Crippen LogP contribution >= 0.6 is 23.1 Å². The first kappa shape index (κ1) is 19.3. The van der Waals surface area contributed by atoms with Crippen molar-refractivity contribution in [1.29, 1.82) is 0 Å². The minimum atomic E-state index is -0.585. The molecular formula is C20H18O5S2. The number of aromatic hydroxyl groups is 1. The van der Waals surface area contributed by atoms with E-state index in [2.05, 4.69) is 0 Å². The quantitative estimate of drug-likeness (QED) is 0.466. The zero-order valence-corrected chi connectivity index (χ0v) is 16.2. The number of methoxy groups -OCH3 is 1. The molecule has 1 atom stereocenters. The standard InChI is InChI=1S/C20H18O5S2/c1-24-18(22)10-16(13-7-8-26-11-13)20-19(23)17(21)9-14(25-20)12-27-15-5-3-2-4-6-15/h2-9,11,16,23H,10,12H2,1H3/t16-/m0/s1. The molecule has 2 aromatic heterocycles. The number of rotatable bonds is 7. The molecule has 0 bridgehead atoms. The molecule has 0 spiro atoms. The van der Waals surface area contributed by atoms with Gasteiger partial charge in [-0.2, -0.15) is 11.3 Å². The van der Waals surface area contributed by atoms with Gasteiger partial charge in [0.15, 0.2) is 5.76 Å². The highest BCUT2D eigenvalue weighted by molar-refractivity contribution is 7.98. The number of benzene rings is 1. The highest BCUT2D eigenvalue weighted by atomic mass is 32.2. The average molecular weight is 402 g/mol. The summed E-state index contributed by atoms with van der Waals surface area (Å²) in [4.78, 5) is 25.2. The maximum absolute atomic E-state index is 12.3. The van der Waals surface area contributed by atoms with Gasteiger partial charge in [-0.3, -0.25) is 9.59 Å². The van der Waals surface area contributed by atoms with Crippen LogP contribution in [0.3, 0.4) is 0 Å². The second-order valence-corrected chi connectivity index (χ2v) is 7.61. The van der Waals surface area contributed by atoms with E-state index in [4.69, 9.17) is 9.15 Å². The number of thioether (sulfide) groups is 1. The van der Waals surface area contributed by atoms with E-state index in [1.165, 1.54) is 36.3 Å². The van der Waals surface area contributed by atoms with E-state index in [0.29, 0.717) is 11.5 Å². The lowest BCUT2D eigenvalue weighted by Gasteiger charge is -2.16. The smallest absolute Gasteiger partial charge is 0.306 e. The molecule has 1 aromatic carbocycles. The normalized spacial score (nSPS) is 11.9. The van der Waals surface area contributed by atoms with Crippen LogP contribution in [0.25, 0.3) is 0 Å². The third kappa shape index (κ3) is 4.81. The maximum atomic E-state index is 12.3. The Morgan fingerprint density at radius 2 is 2.07 bits per heavy atom. The van der Waals surface area contributed by atoms with Crippen LogP contribution in [0.2, 0.25) is 0 Å². The Morgan fingerprint density at radius 1 is 1.30 bits per heavy atom. The molecule has 5 nitrogen and oxygen atoms in total. The summed E-state index contributed by atoms with van der Waals surface area (Å²) < 4.78 is 10.6. The van der Waals surface area contributed by atoms with Crippen molar-refractivity contribution >= 4 is 29.1 Å². The molecule has 0 saturated heterocycles. The lowest BCUT2D eigenvalue weighted by Crippen LogP contribution is -2.13. The first-order valence-electron chi connectivity index (χ1n) is 8.21. The van der Waals surface area contributed by atoms with E-state index < -0.39 is 23.1 Å². The number of thiophene rings is 1. The summed E-state index contributed by atoms with van der Waals surface area (Å²) in [5, 5.41) is 14.0. The van der Waals surface area contributed by atoms with Crippen molar-refractivity contribution in [2.24, 2.45) is 0 Å². The molecule has 1 N–H and O–H groups in total. The Hall–Kier alpha value is -2.51. The number of carbonyl (C=O) groups excluding carboxylic acids is 1. The third-order valence-corrected chi connectivity index (χ3v) is 5.72. The van der Waals surface area contributed by atoms with Crippen molar-refractivity contribution in [2.45, 2.75) is 23.0 Å². The molecule has 0 aliphatic carbocycles. The molecule has 7 heteroatoms. The summed E-state index contributed by atoms with van der Waals surface area (Å²) >= 11 is 2.98. The number of hydrogen-bond acceptors (Lipinski definition) is 7. The average Bonchev–Trinajstić information content (AvgIpc) is 3.22. The van der Waals surface area contributed by atoms with Crippen LogP contribution in [-0.4, -0.2) is 18.2 Å². The van der Waals surface area contributed by atoms with Crippen LogP contribution < -0.4 is 5.43 Å². The van der Waals surface area contributed by atoms with E-state index >= 15 is 0 Å². The molecule has 0 fully saturated rings. The molecular weight excluding hydrogens is 384 g/mol. The Kier molecular flexibility index (Phi) is 6.36. The van der Waals surface area contributed by atoms with Crippen LogP contribution in [-0.2, 0) is 15.3 Å². The van der Waals surface area contributed by atoms with Crippen molar-refractivity contribution in [1.82, 2.24) is 0 Å². The van der Waals surface area contributed by atoms with Crippen LogP contribution in [0.4, 0.5) is 0 Å². The van der Waals surface area contributed by atoms with E-state index in [1.807, 2.05) is 47.2 Å². The SMILES string of the molecule is COC(=O)C[C@@H](c1ccsc1)c1oc(CSc2ccccc2)cc(=O)c1O. The molecule has 0 saturated carbocycles. The fraction of sp³-hybridized carbons (Fsp3) is 0.200. The van der Waals surface area contributed by atoms with Gasteiger partial charge in [-0.15, -0.1) is 11.8 Å². The predicted molar refractivity (Wildman–Crippen MR) is 105 cm³/mol. The van der Waals surface area contributed by atoms with Gasteiger partial charge < -0.3 is 14.3 Å². The lowest BCUT2D eigenvalue weighted by molar-refractivity contribution is -0.140. The van der Waals surface area contributed by atoms with Crippen LogP contribution in [0.15, 0.2) is 67.3 Å². The summed E-state index contributed by atoms with van der Waals surface area (Å²) in [6.45, 7) is 0. The molecule has 0 radical (unpaired) electrons. The summed E-state index contributed by atoms with van der Waals surface area (Å²) in [5.74, 6) is -0.540. The maximum Gasteiger partial charge on any atom is 0.306 e. The predicted octanol–water partition coefficient (Wildman–Crippen LogP) is 4.39. The van der Waals surface area contributed by atoms with Crippen molar-refractivity contribution in [3.8, 4) is 5.75 Å². The number of hydrogen-bond donors (Lipinski definition) is 1. The number of carbonyl (C=O) groups is 1. The second kappa shape index (κ2) is 8.92. The van der Waals surface area contributed by atoms with Gasteiger partial charge in [0.1, 0.15) is 5.76 Å². The number of esters is 1. The highest BCUT2D eigenvalue weighted by Gasteiger charge is 2.26. The van der Waals surface area contributed by atoms with Crippen molar-refractivity contribution in [2.75, 3.05) is 7.11 Å².